The Labute approximate surface area is 177 Å². The van der Waals surface area contributed by atoms with Gasteiger partial charge in [-0.05, 0) is 56.3 Å². The normalized spacial score (nSPS) is 11.8. The van der Waals surface area contributed by atoms with Gasteiger partial charge in [-0.25, -0.2) is 18.4 Å². The molecule has 31 heavy (non-hydrogen) atoms. The van der Waals surface area contributed by atoms with Gasteiger partial charge in [-0.15, -0.1) is 0 Å². The molecular formula is C20H20F3N5O2S. The molecule has 0 fully saturated rings. The molecule has 1 aromatic heterocycles. The molecule has 0 spiro atoms. The summed E-state index contributed by atoms with van der Waals surface area (Å²) in [5.74, 6) is 1.80. The largest absolute Gasteiger partial charge is 0.416 e. The molecule has 3 N–H and O–H groups in total. The Morgan fingerprint density at radius 3 is 2.23 bits per heavy atom. The molecule has 0 aliphatic carbocycles. The number of nitrogens with one attached hydrogen (secondary N) is 3. The Morgan fingerprint density at radius 2 is 1.58 bits per heavy atom. The predicted octanol–water partition coefficient (Wildman–Crippen LogP) is 4.78. The molecular weight excluding hydrogens is 431 g/mol. The molecule has 7 nitrogen and oxygen atoms in total. The highest BCUT2D eigenvalue weighted by molar-refractivity contribution is 7.92. The van der Waals surface area contributed by atoms with E-state index in [0.717, 1.165) is 18.2 Å². The number of halogens is 3. The van der Waals surface area contributed by atoms with Crippen molar-refractivity contribution in [2.45, 2.75) is 24.9 Å². The monoisotopic (exact) mass is 451 g/mol. The van der Waals surface area contributed by atoms with Crippen molar-refractivity contribution in [1.82, 2.24) is 9.97 Å². The van der Waals surface area contributed by atoms with E-state index in [-0.39, 0.29) is 5.69 Å². The molecule has 0 unspecified atom stereocenters. The summed E-state index contributed by atoms with van der Waals surface area (Å²) in [6.45, 7) is 4.41. The average molecular weight is 451 g/mol. The van der Waals surface area contributed by atoms with Crippen molar-refractivity contribution >= 4 is 33.0 Å². The smallest absolute Gasteiger partial charge is 0.370 e. The van der Waals surface area contributed by atoms with E-state index in [2.05, 4.69) is 25.3 Å². The maximum atomic E-state index is 12.9. The lowest BCUT2D eigenvalue weighted by atomic mass is 10.2. The lowest BCUT2D eigenvalue weighted by Gasteiger charge is -2.12. The SMILES string of the molecule is CCNc1cc(Nc2ccc(NS(=O)(=O)c3cccc(C(F)(F)F)c3)cc2)nc(C)n1. The van der Waals surface area contributed by atoms with Gasteiger partial charge in [-0.1, -0.05) is 6.07 Å². The molecule has 1 heterocycles. The highest BCUT2D eigenvalue weighted by atomic mass is 32.2. The van der Waals surface area contributed by atoms with E-state index in [1.165, 1.54) is 12.1 Å². The van der Waals surface area contributed by atoms with Crippen LogP contribution in [0.3, 0.4) is 0 Å². The highest BCUT2D eigenvalue weighted by Gasteiger charge is 2.31. The minimum absolute atomic E-state index is 0.204. The van der Waals surface area contributed by atoms with Gasteiger partial charge in [0.15, 0.2) is 0 Å². The Balaban J connectivity index is 1.75. The van der Waals surface area contributed by atoms with Crippen LogP contribution in [-0.2, 0) is 16.2 Å². The summed E-state index contributed by atoms with van der Waals surface area (Å²) in [6.07, 6.45) is -4.63. The first-order chi connectivity index (χ1) is 14.6. The summed E-state index contributed by atoms with van der Waals surface area (Å²) >= 11 is 0. The fraction of sp³-hybridized carbons (Fsp3) is 0.200. The first-order valence-electron chi connectivity index (χ1n) is 9.23. The van der Waals surface area contributed by atoms with Gasteiger partial charge in [0, 0.05) is 24.0 Å². The summed E-state index contributed by atoms with van der Waals surface area (Å²) in [7, 11) is -4.18. The Kier molecular flexibility index (Phi) is 6.34. The molecule has 0 saturated carbocycles. The Hall–Kier alpha value is -3.34. The summed E-state index contributed by atoms with van der Waals surface area (Å²) in [5.41, 5.74) is -0.190. The van der Waals surface area contributed by atoms with Crippen LogP contribution in [0.2, 0.25) is 0 Å². The van der Waals surface area contributed by atoms with E-state index >= 15 is 0 Å². The van der Waals surface area contributed by atoms with Crippen molar-refractivity contribution in [3.8, 4) is 0 Å². The van der Waals surface area contributed by atoms with Gasteiger partial charge in [0.05, 0.1) is 10.5 Å². The first-order valence-corrected chi connectivity index (χ1v) is 10.7. The van der Waals surface area contributed by atoms with Crippen molar-refractivity contribution < 1.29 is 21.6 Å². The van der Waals surface area contributed by atoms with Crippen LogP contribution in [0.1, 0.15) is 18.3 Å². The summed E-state index contributed by atoms with van der Waals surface area (Å²) in [5, 5.41) is 6.20. The summed E-state index contributed by atoms with van der Waals surface area (Å²) < 4.78 is 65.8. The minimum atomic E-state index is -4.63. The summed E-state index contributed by atoms with van der Waals surface area (Å²) in [4.78, 5) is 8.08. The number of anilines is 4. The van der Waals surface area contributed by atoms with Crippen molar-refractivity contribution in [2.75, 3.05) is 21.9 Å². The van der Waals surface area contributed by atoms with Gasteiger partial charge in [0.2, 0.25) is 0 Å². The number of sulfonamides is 1. The molecule has 0 aliphatic heterocycles. The number of hydrogen-bond acceptors (Lipinski definition) is 6. The summed E-state index contributed by atoms with van der Waals surface area (Å²) in [6, 6.07) is 11.5. The molecule has 0 bridgehead atoms. The van der Waals surface area contributed by atoms with Crippen LogP contribution in [0.25, 0.3) is 0 Å². The maximum absolute atomic E-state index is 12.9. The number of aromatic nitrogens is 2. The second-order valence-corrected chi connectivity index (χ2v) is 8.23. The van der Waals surface area contributed by atoms with Gasteiger partial charge < -0.3 is 10.6 Å². The standard InChI is InChI=1S/C20H20F3N5O2S/c1-3-24-18-12-19(26-13(2)25-18)27-15-7-9-16(10-8-15)28-31(29,30)17-6-4-5-14(11-17)20(21,22)23/h4-12,28H,3H2,1-2H3,(H2,24,25,26,27). The topological polar surface area (TPSA) is 96.0 Å². The Bertz CT molecular complexity index is 1170. The number of rotatable bonds is 7. The van der Waals surface area contributed by atoms with Crippen LogP contribution in [0.15, 0.2) is 59.5 Å². The van der Waals surface area contributed by atoms with Gasteiger partial charge in [-0.3, -0.25) is 4.72 Å². The van der Waals surface area contributed by atoms with Crippen LogP contribution in [0, 0.1) is 6.92 Å². The maximum Gasteiger partial charge on any atom is 0.416 e. The Morgan fingerprint density at radius 1 is 0.935 bits per heavy atom. The fourth-order valence-electron chi connectivity index (χ4n) is 2.73. The van der Waals surface area contributed by atoms with Crippen LogP contribution < -0.4 is 15.4 Å². The van der Waals surface area contributed by atoms with E-state index in [1.807, 2.05) is 6.92 Å². The van der Waals surface area contributed by atoms with Gasteiger partial charge >= 0.3 is 6.18 Å². The van der Waals surface area contributed by atoms with Gasteiger partial charge in [0.1, 0.15) is 17.5 Å². The van der Waals surface area contributed by atoms with E-state index in [4.69, 9.17) is 0 Å². The first kappa shape index (κ1) is 22.3. The zero-order chi connectivity index (χ0) is 22.6. The number of hydrogen-bond donors (Lipinski definition) is 3. The van der Waals surface area contributed by atoms with Crippen LogP contribution >= 0.6 is 0 Å². The molecule has 3 rings (SSSR count). The second-order valence-electron chi connectivity index (χ2n) is 6.55. The minimum Gasteiger partial charge on any atom is -0.370 e. The van der Waals surface area contributed by atoms with E-state index in [9.17, 15) is 21.6 Å². The van der Waals surface area contributed by atoms with E-state index in [1.54, 1.807) is 25.1 Å². The van der Waals surface area contributed by atoms with Gasteiger partial charge in [0.25, 0.3) is 10.0 Å². The third-order valence-electron chi connectivity index (χ3n) is 4.08. The van der Waals surface area contributed by atoms with Crippen molar-refractivity contribution in [3.05, 3.63) is 66.0 Å². The van der Waals surface area contributed by atoms with Crippen molar-refractivity contribution in [3.63, 3.8) is 0 Å². The zero-order valence-electron chi connectivity index (χ0n) is 16.7. The molecule has 0 atom stereocenters. The number of alkyl halides is 3. The molecule has 0 amide bonds. The molecule has 3 aromatic rings. The van der Waals surface area contributed by atoms with Gasteiger partial charge in [-0.2, -0.15) is 13.2 Å². The van der Waals surface area contributed by atoms with Crippen LogP contribution in [-0.4, -0.2) is 24.9 Å². The molecule has 2 aromatic carbocycles. The lowest BCUT2D eigenvalue weighted by molar-refractivity contribution is -0.137. The zero-order valence-corrected chi connectivity index (χ0v) is 17.5. The average Bonchev–Trinajstić information content (AvgIpc) is 2.69. The third kappa shape index (κ3) is 5.85. The third-order valence-corrected chi connectivity index (χ3v) is 5.46. The lowest BCUT2D eigenvalue weighted by Crippen LogP contribution is -2.14. The molecule has 0 radical (unpaired) electrons. The van der Waals surface area contributed by atoms with Crippen LogP contribution in [0.5, 0.6) is 0 Å². The quantitative estimate of drug-likeness (QED) is 0.479. The van der Waals surface area contributed by atoms with Crippen molar-refractivity contribution in [2.24, 2.45) is 0 Å². The predicted molar refractivity (Wildman–Crippen MR) is 113 cm³/mol. The molecule has 0 saturated heterocycles. The van der Waals surface area contributed by atoms with E-state index in [0.29, 0.717) is 35.8 Å². The second kappa shape index (κ2) is 8.80. The van der Waals surface area contributed by atoms with Crippen LogP contribution in [0.4, 0.5) is 36.2 Å². The molecule has 164 valence electrons. The van der Waals surface area contributed by atoms with E-state index < -0.39 is 26.7 Å². The fourth-order valence-corrected chi connectivity index (χ4v) is 3.83. The molecule has 0 aliphatic rings. The number of benzene rings is 2. The highest BCUT2D eigenvalue weighted by Crippen LogP contribution is 2.31. The van der Waals surface area contributed by atoms with Crippen molar-refractivity contribution in [1.29, 1.82) is 0 Å². The molecule has 11 heteroatoms. The number of aryl methyl sites for hydroxylation is 1. The number of nitrogens with zero attached hydrogens (tertiary/aromatic N) is 2.